The molecule has 1 aliphatic rings. The lowest BCUT2D eigenvalue weighted by Crippen LogP contribution is -2.48. The molecule has 2 rings (SSSR count). The van der Waals surface area contributed by atoms with Crippen molar-refractivity contribution in [2.24, 2.45) is 5.41 Å². The summed E-state index contributed by atoms with van der Waals surface area (Å²) in [5, 5.41) is 6.10. The summed E-state index contributed by atoms with van der Waals surface area (Å²) in [5.74, 6) is 0.789. The Morgan fingerprint density at radius 2 is 2.11 bits per heavy atom. The molecule has 0 aromatic heterocycles. The molecule has 0 unspecified atom stereocenters. The zero-order chi connectivity index (χ0) is 13.0. The number of ether oxygens (including phenoxy) is 1. The lowest BCUT2D eigenvalue weighted by atomic mass is 9.68. The molecule has 4 heteroatoms. The molecule has 0 bridgehead atoms. The summed E-state index contributed by atoms with van der Waals surface area (Å²) in [6.45, 7) is 0.730. The molecule has 0 heterocycles. The first-order valence-electron chi connectivity index (χ1n) is 6.31. The van der Waals surface area contributed by atoms with Crippen molar-refractivity contribution >= 4 is 11.6 Å². The summed E-state index contributed by atoms with van der Waals surface area (Å²) >= 11 is 0. The van der Waals surface area contributed by atoms with Crippen molar-refractivity contribution in [2.45, 2.75) is 19.3 Å². The predicted octanol–water partition coefficient (Wildman–Crippen LogP) is 2.02. The maximum atomic E-state index is 12.4. The lowest BCUT2D eigenvalue weighted by Gasteiger charge is -2.40. The van der Waals surface area contributed by atoms with E-state index in [0.717, 1.165) is 31.5 Å². The van der Waals surface area contributed by atoms with Crippen molar-refractivity contribution < 1.29 is 9.53 Å². The minimum absolute atomic E-state index is 0.0904. The third-order valence-corrected chi connectivity index (χ3v) is 3.66. The van der Waals surface area contributed by atoms with E-state index in [-0.39, 0.29) is 11.3 Å². The van der Waals surface area contributed by atoms with Crippen molar-refractivity contribution in [2.75, 3.05) is 26.0 Å². The number of hydrogen-bond acceptors (Lipinski definition) is 3. The number of rotatable bonds is 5. The Morgan fingerprint density at radius 3 is 2.67 bits per heavy atom. The van der Waals surface area contributed by atoms with Gasteiger partial charge in [-0.1, -0.05) is 18.6 Å². The second-order valence-corrected chi connectivity index (χ2v) is 4.82. The number of carbonyl (C=O) groups excluding carboxylic acids is 1. The number of benzene rings is 1. The molecule has 1 aliphatic carbocycles. The number of nitrogens with one attached hydrogen (secondary N) is 2. The average Bonchev–Trinajstić information content (AvgIpc) is 2.34. The zero-order valence-electron chi connectivity index (χ0n) is 11.0. The summed E-state index contributed by atoms with van der Waals surface area (Å²) < 4.78 is 5.24. The van der Waals surface area contributed by atoms with E-state index in [2.05, 4.69) is 10.6 Å². The molecule has 1 aromatic rings. The van der Waals surface area contributed by atoms with E-state index in [0.29, 0.717) is 5.75 Å². The minimum atomic E-state index is -0.240. The van der Waals surface area contributed by atoms with Crippen LogP contribution >= 0.6 is 0 Å². The molecule has 0 spiro atoms. The van der Waals surface area contributed by atoms with Gasteiger partial charge in [0, 0.05) is 6.54 Å². The molecule has 0 radical (unpaired) electrons. The van der Waals surface area contributed by atoms with Crippen LogP contribution in [0.3, 0.4) is 0 Å². The topological polar surface area (TPSA) is 50.4 Å². The number of carbonyl (C=O) groups is 1. The molecule has 0 atom stereocenters. The number of para-hydroxylation sites is 2. The Balaban J connectivity index is 2.11. The van der Waals surface area contributed by atoms with Crippen LogP contribution in [0.5, 0.6) is 5.75 Å². The van der Waals surface area contributed by atoms with Gasteiger partial charge in [-0.2, -0.15) is 0 Å². The van der Waals surface area contributed by atoms with Gasteiger partial charge < -0.3 is 15.4 Å². The van der Waals surface area contributed by atoms with Crippen LogP contribution in [0.15, 0.2) is 24.3 Å². The standard InChI is InChI=1S/C14H20N2O2/c1-15-10-14(8-5-9-14)13(17)16-11-6-3-4-7-12(11)18-2/h3-4,6-7,15H,5,8-10H2,1-2H3,(H,16,17). The van der Waals surface area contributed by atoms with Crippen molar-refractivity contribution in [1.29, 1.82) is 0 Å². The largest absolute Gasteiger partial charge is 0.495 e. The summed E-state index contributed by atoms with van der Waals surface area (Å²) in [5.41, 5.74) is 0.502. The molecular formula is C14H20N2O2. The van der Waals surface area contributed by atoms with Gasteiger partial charge in [0.15, 0.2) is 0 Å². The van der Waals surface area contributed by atoms with Gasteiger partial charge in [0.2, 0.25) is 5.91 Å². The normalized spacial score (nSPS) is 16.8. The highest BCUT2D eigenvalue weighted by Crippen LogP contribution is 2.41. The molecule has 1 aromatic carbocycles. The van der Waals surface area contributed by atoms with Crippen molar-refractivity contribution in [3.05, 3.63) is 24.3 Å². The second kappa shape index (κ2) is 5.40. The molecule has 4 nitrogen and oxygen atoms in total. The summed E-state index contributed by atoms with van der Waals surface area (Å²) in [4.78, 5) is 12.4. The fraction of sp³-hybridized carbons (Fsp3) is 0.500. The van der Waals surface area contributed by atoms with Crippen LogP contribution in [0.2, 0.25) is 0 Å². The number of amides is 1. The predicted molar refractivity (Wildman–Crippen MR) is 71.8 cm³/mol. The summed E-state index contributed by atoms with van der Waals surface area (Å²) in [6.07, 6.45) is 3.03. The summed E-state index contributed by atoms with van der Waals surface area (Å²) in [7, 11) is 3.49. The van der Waals surface area contributed by atoms with E-state index in [9.17, 15) is 4.79 Å². The fourth-order valence-electron chi connectivity index (χ4n) is 2.43. The van der Waals surface area contributed by atoms with E-state index in [4.69, 9.17) is 4.74 Å². The molecule has 18 heavy (non-hydrogen) atoms. The monoisotopic (exact) mass is 248 g/mol. The van der Waals surface area contributed by atoms with Gasteiger partial charge in [-0.05, 0) is 32.0 Å². The molecule has 2 N–H and O–H groups in total. The molecule has 1 amide bonds. The minimum Gasteiger partial charge on any atom is -0.495 e. The number of anilines is 1. The van der Waals surface area contributed by atoms with Gasteiger partial charge >= 0.3 is 0 Å². The first kappa shape index (κ1) is 12.9. The summed E-state index contributed by atoms with van der Waals surface area (Å²) in [6, 6.07) is 7.49. The molecule has 0 aliphatic heterocycles. The van der Waals surface area contributed by atoms with Crippen LogP contribution in [0, 0.1) is 5.41 Å². The highest BCUT2D eigenvalue weighted by atomic mass is 16.5. The van der Waals surface area contributed by atoms with Gasteiger partial charge in [0.05, 0.1) is 18.2 Å². The third kappa shape index (κ3) is 2.34. The van der Waals surface area contributed by atoms with Gasteiger partial charge in [0.1, 0.15) is 5.75 Å². The highest BCUT2D eigenvalue weighted by molar-refractivity contribution is 5.97. The molecular weight excluding hydrogens is 228 g/mol. The van der Waals surface area contributed by atoms with E-state index >= 15 is 0 Å². The van der Waals surface area contributed by atoms with E-state index in [1.165, 1.54) is 0 Å². The Labute approximate surface area is 108 Å². The van der Waals surface area contributed by atoms with Gasteiger partial charge in [-0.15, -0.1) is 0 Å². The van der Waals surface area contributed by atoms with E-state index in [1.54, 1.807) is 7.11 Å². The van der Waals surface area contributed by atoms with Crippen LogP contribution in [0.4, 0.5) is 5.69 Å². The van der Waals surface area contributed by atoms with Crippen LogP contribution in [0.1, 0.15) is 19.3 Å². The van der Waals surface area contributed by atoms with Crippen LogP contribution < -0.4 is 15.4 Å². The van der Waals surface area contributed by atoms with Crippen molar-refractivity contribution in [3.63, 3.8) is 0 Å². The fourth-order valence-corrected chi connectivity index (χ4v) is 2.43. The maximum absolute atomic E-state index is 12.4. The zero-order valence-corrected chi connectivity index (χ0v) is 11.0. The molecule has 98 valence electrons. The smallest absolute Gasteiger partial charge is 0.231 e. The number of methoxy groups -OCH3 is 1. The molecule has 1 saturated carbocycles. The Bertz CT molecular complexity index is 428. The average molecular weight is 248 g/mol. The van der Waals surface area contributed by atoms with E-state index in [1.807, 2.05) is 31.3 Å². The SMILES string of the molecule is CNCC1(C(=O)Nc2ccccc2OC)CCC1. The first-order valence-corrected chi connectivity index (χ1v) is 6.31. The molecule has 1 fully saturated rings. The van der Waals surface area contributed by atoms with Gasteiger partial charge in [-0.25, -0.2) is 0 Å². The van der Waals surface area contributed by atoms with Crippen LogP contribution in [-0.4, -0.2) is 26.6 Å². The lowest BCUT2D eigenvalue weighted by molar-refractivity contribution is -0.129. The Kier molecular flexibility index (Phi) is 3.87. The van der Waals surface area contributed by atoms with Crippen molar-refractivity contribution in [3.8, 4) is 5.75 Å². The maximum Gasteiger partial charge on any atom is 0.231 e. The third-order valence-electron chi connectivity index (χ3n) is 3.66. The molecule has 0 saturated heterocycles. The number of hydrogen-bond donors (Lipinski definition) is 2. The Hall–Kier alpha value is -1.55. The first-order chi connectivity index (χ1) is 8.72. The van der Waals surface area contributed by atoms with Crippen molar-refractivity contribution in [1.82, 2.24) is 5.32 Å². The highest BCUT2D eigenvalue weighted by Gasteiger charge is 2.43. The van der Waals surface area contributed by atoms with Crippen LogP contribution in [0.25, 0.3) is 0 Å². The quantitative estimate of drug-likeness (QED) is 0.838. The van der Waals surface area contributed by atoms with Gasteiger partial charge in [-0.3, -0.25) is 4.79 Å². The Morgan fingerprint density at radius 1 is 1.39 bits per heavy atom. The van der Waals surface area contributed by atoms with E-state index < -0.39 is 0 Å². The van der Waals surface area contributed by atoms with Gasteiger partial charge in [0.25, 0.3) is 0 Å². The second-order valence-electron chi connectivity index (χ2n) is 4.82. The van der Waals surface area contributed by atoms with Crippen LogP contribution in [-0.2, 0) is 4.79 Å².